The number of aliphatic carboxylic acids is 1. The van der Waals surface area contributed by atoms with Crippen molar-refractivity contribution in [2.45, 2.75) is 6.92 Å². The van der Waals surface area contributed by atoms with Crippen molar-refractivity contribution in [3.05, 3.63) is 53.6 Å². The molecule has 0 spiro atoms. The predicted octanol–water partition coefficient (Wildman–Crippen LogP) is -0.711. The van der Waals surface area contributed by atoms with E-state index in [1.807, 2.05) is 31.2 Å². The second kappa shape index (κ2) is 9.69. The van der Waals surface area contributed by atoms with Crippen LogP contribution >= 0.6 is 0 Å². The number of carboxylic acids is 1. The van der Waals surface area contributed by atoms with Crippen molar-refractivity contribution in [2.75, 3.05) is 6.54 Å². The average Bonchev–Trinajstić information content (AvgIpc) is 2.49. The summed E-state index contributed by atoms with van der Waals surface area (Å²) in [6.07, 6.45) is 1.26. The van der Waals surface area contributed by atoms with Gasteiger partial charge in [-0.25, -0.2) is 0 Å². The largest absolute Gasteiger partial charge is 1.00 e. The molecule has 7 heteroatoms. The van der Waals surface area contributed by atoms with Gasteiger partial charge in [0.25, 0.3) is 0 Å². The topological polar surface area (TPSA) is 97.4 Å². The summed E-state index contributed by atoms with van der Waals surface area (Å²) in [6.45, 7) is 1.47. The molecule has 0 aromatic heterocycles. The van der Waals surface area contributed by atoms with Crippen molar-refractivity contribution in [1.82, 2.24) is 0 Å². The fraction of sp³-hybridized carbons (Fsp3) is 0.125. The maximum Gasteiger partial charge on any atom is 1.00 e. The van der Waals surface area contributed by atoms with E-state index in [-0.39, 0.29) is 57.1 Å². The zero-order valence-corrected chi connectivity index (χ0v) is 16.1. The third-order valence-electron chi connectivity index (χ3n) is 2.85. The Kier molecular flexibility index (Phi) is 8.28. The molecule has 112 valence electrons. The van der Waals surface area contributed by atoms with E-state index in [0.29, 0.717) is 11.3 Å². The number of aliphatic imine (C=N–C) groups is 1. The number of carbonyl (C=O) groups excluding carboxylic acids is 1. The molecule has 23 heavy (non-hydrogen) atoms. The monoisotopic (exact) mass is 335 g/mol. The number of phenols is 1. The fourth-order valence-corrected chi connectivity index (χ4v) is 1.71. The van der Waals surface area contributed by atoms with Crippen molar-refractivity contribution in [2.24, 2.45) is 15.2 Å². The van der Waals surface area contributed by atoms with Crippen LogP contribution < -0.4 is 56.5 Å². The Labute approximate surface area is 176 Å². The van der Waals surface area contributed by atoms with Crippen molar-refractivity contribution in [3.8, 4) is 5.75 Å². The van der Waals surface area contributed by atoms with E-state index in [1.54, 1.807) is 12.1 Å². The molecule has 0 saturated carbocycles. The molecule has 0 saturated heterocycles. The van der Waals surface area contributed by atoms with Crippen LogP contribution in [0.4, 0.5) is 11.4 Å². The van der Waals surface area contributed by atoms with Gasteiger partial charge in [0.15, 0.2) is 0 Å². The quantitative estimate of drug-likeness (QED) is 0.444. The Bertz CT molecular complexity index is 745. The number of azo groups is 1. The van der Waals surface area contributed by atoms with E-state index in [1.165, 1.54) is 12.3 Å². The molecule has 0 fully saturated rings. The van der Waals surface area contributed by atoms with Gasteiger partial charge in [-0.1, -0.05) is 18.2 Å². The normalized spacial score (nSPS) is 10.8. The molecular formula is C16H14KN3O3. The average molecular weight is 335 g/mol. The summed E-state index contributed by atoms with van der Waals surface area (Å²) in [6, 6.07) is 12.2. The third kappa shape index (κ3) is 6.32. The van der Waals surface area contributed by atoms with Crippen molar-refractivity contribution < 1.29 is 66.4 Å². The van der Waals surface area contributed by atoms with Crippen molar-refractivity contribution >= 4 is 23.6 Å². The van der Waals surface area contributed by atoms with Gasteiger partial charge in [0.05, 0.1) is 23.9 Å². The number of nitrogens with zero attached hydrogens (tertiary/aromatic N) is 3. The number of hydrogen-bond donors (Lipinski definition) is 1. The Hall–Kier alpha value is -1.38. The minimum Gasteiger partial charge on any atom is -0.548 e. The summed E-state index contributed by atoms with van der Waals surface area (Å²) < 4.78 is 0. The summed E-state index contributed by atoms with van der Waals surface area (Å²) in [7, 11) is 0. The summed E-state index contributed by atoms with van der Waals surface area (Å²) in [5, 5.41) is 28.3. The van der Waals surface area contributed by atoms with Crippen LogP contribution in [0.5, 0.6) is 5.75 Å². The smallest absolute Gasteiger partial charge is 0.548 e. The zero-order valence-electron chi connectivity index (χ0n) is 12.9. The molecule has 0 aliphatic rings. The number of benzene rings is 2. The summed E-state index contributed by atoms with van der Waals surface area (Å²) in [5.41, 5.74) is 2.64. The molecule has 0 bridgehead atoms. The second-order valence-corrected chi connectivity index (χ2v) is 4.57. The minimum absolute atomic E-state index is 0. The van der Waals surface area contributed by atoms with E-state index >= 15 is 0 Å². The van der Waals surface area contributed by atoms with Crippen LogP contribution in [0.3, 0.4) is 0 Å². The van der Waals surface area contributed by atoms with Crippen LogP contribution in [-0.2, 0) is 4.79 Å². The van der Waals surface area contributed by atoms with Gasteiger partial charge in [-0.15, -0.1) is 0 Å². The fourth-order valence-electron chi connectivity index (χ4n) is 1.71. The standard InChI is InChI=1S/C16H15N3O3.K/c1-11-4-2-3-5-14(11)19-18-13-6-7-15(20)12(8-13)9-17-10-16(21)22;/h2-9,20H,10H2,1H3,(H,21,22);/q;+1/p-1. The first-order chi connectivity index (χ1) is 10.6. The molecule has 6 nitrogen and oxygen atoms in total. The van der Waals surface area contributed by atoms with Crippen LogP contribution in [0.1, 0.15) is 11.1 Å². The number of aromatic hydroxyl groups is 1. The number of hydrogen-bond acceptors (Lipinski definition) is 6. The van der Waals surface area contributed by atoms with Gasteiger partial charge in [0, 0.05) is 11.8 Å². The van der Waals surface area contributed by atoms with Gasteiger partial charge in [-0.05, 0) is 36.8 Å². The van der Waals surface area contributed by atoms with Gasteiger partial charge < -0.3 is 15.0 Å². The molecule has 2 rings (SSSR count). The molecule has 0 aliphatic carbocycles. The third-order valence-corrected chi connectivity index (χ3v) is 2.85. The molecule has 0 heterocycles. The van der Waals surface area contributed by atoms with E-state index in [4.69, 9.17) is 0 Å². The summed E-state index contributed by atoms with van der Waals surface area (Å²) >= 11 is 0. The van der Waals surface area contributed by atoms with E-state index < -0.39 is 12.5 Å². The maximum absolute atomic E-state index is 10.3. The number of aryl methyl sites for hydroxylation is 1. The SMILES string of the molecule is Cc1ccccc1N=Nc1ccc(O)c(C=NCC(=O)[O-])c1.[K+]. The van der Waals surface area contributed by atoms with Gasteiger partial charge in [-0.2, -0.15) is 10.2 Å². The van der Waals surface area contributed by atoms with Crippen LogP contribution in [0.25, 0.3) is 0 Å². The van der Waals surface area contributed by atoms with Gasteiger partial charge in [-0.3, -0.25) is 4.99 Å². The minimum atomic E-state index is -1.29. The van der Waals surface area contributed by atoms with E-state index in [9.17, 15) is 15.0 Å². The van der Waals surface area contributed by atoms with Gasteiger partial charge in [0.1, 0.15) is 5.75 Å². The molecular weight excluding hydrogens is 321 g/mol. The van der Waals surface area contributed by atoms with Gasteiger partial charge >= 0.3 is 51.4 Å². The number of carbonyl (C=O) groups is 1. The number of carboxylic acid groups (broad SMARTS) is 1. The second-order valence-electron chi connectivity index (χ2n) is 4.57. The molecule has 2 aromatic carbocycles. The molecule has 0 atom stereocenters. The van der Waals surface area contributed by atoms with Gasteiger partial charge in [0.2, 0.25) is 0 Å². The van der Waals surface area contributed by atoms with Crippen LogP contribution in [0, 0.1) is 6.92 Å². The first-order valence-electron chi connectivity index (χ1n) is 6.56. The summed E-state index contributed by atoms with van der Waals surface area (Å²) in [4.78, 5) is 14.0. The first-order valence-corrected chi connectivity index (χ1v) is 6.56. The van der Waals surface area contributed by atoms with Crippen LogP contribution in [0.15, 0.2) is 57.7 Å². The Morgan fingerprint density at radius 2 is 1.96 bits per heavy atom. The van der Waals surface area contributed by atoms with Crippen molar-refractivity contribution in [1.29, 1.82) is 0 Å². The maximum atomic E-state index is 10.3. The Morgan fingerprint density at radius 3 is 2.65 bits per heavy atom. The van der Waals surface area contributed by atoms with Crippen LogP contribution in [-0.4, -0.2) is 23.8 Å². The molecule has 0 aliphatic heterocycles. The summed E-state index contributed by atoms with van der Waals surface area (Å²) in [5.74, 6) is -1.30. The van der Waals surface area contributed by atoms with E-state index in [2.05, 4.69) is 15.2 Å². The molecule has 0 amide bonds. The molecule has 0 radical (unpaired) electrons. The van der Waals surface area contributed by atoms with E-state index in [0.717, 1.165) is 11.3 Å². The molecule has 0 unspecified atom stereocenters. The Balaban J connectivity index is 0.00000264. The van der Waals surface area contributed by atoms with Crippen LogP contribution in [0.2, 0.25) is 0 Å². The van der Waals surface area contributed by atoms with Crippen molar-refractivity contribution in [3.63, 3.8) is 0 Å². The number of rotatable bonds is 5. The predicted molar refractivity (Wildman–Crippen MR) is 80.9 cm³/mol. The molecule has 2 aromatic rings. The zero-order chi connectivity index (χ0) is 15.9. The Morgan fingerprint density at radius 1 is 1.22 bits per heavy atom. The number of phenolic OH excluding ortho intramolecular Hbond substituents is 1. The first kappa shape index (κ1) is 19.7. The molecule has 1 N–H and O–H groups in total.